The lowest BCUT2D eigenvalue weighted by Crippen LogP contribution is -2.48. The fourth-order valence-corrected chi connectivity index (χ4v) is 4.92. The molecule has 2 aliphatic rings. The van der Waals surface area contributed by atoms with E-state index < -0.39 is 24.1 Å². The number of urea groups is 2. The normalized spacial score (nSPS) is 16.4. The molecule has 11 heteroatoms. The van der Waals surface area contributed by atoms with Gasteiger partial charge in [-0.15, -0.1) is 6.42 Å². The Bertz CT molecular complexity index is 1550. The van der Waals surface area contributed by atoms with Crippen molar-refractivity contribution in [2.24, 2.45) is 0 Å². The van der Waals surface area contributed by atoms with Crippen LogP contribution in [-0.4, -0.2) is 72.9 Å². The van der Waals surface area contributed by atoms with Gasteiger partial charge in [-0.1, -0.05) is 36.3 Å². The van der Waals surface area contributed by atoms with Gasteiger partial charge in [-0.25, -0.2) is 19.6 Å². The van der Waals surface area contributed by atoms with Crippen LogP contribution in [0.25, 0.3) is 0 Å². The van der Waals surface area contributed by atoms with Gasteiger partial charge in [-0.3, -0.25) is 9.59 Å². The van der Waals surface area contributed by atoms with Gasteiger partial charge < -0.3 is 25.0 Å². The minimum absolute atomic E-state index is 0.0237. The van der Waals surface area contributed by atoms with E-state index in [9.17, 15) is 19.2 Å². The molecule has 2 fully saturated rings. The minimum atomic E-state index is -0.743. The van der Waals surface area contributed by atoms with Crippen LogP contribution in [0.3, 0.4) is 0 Å². The number of terminal acetylenes is 1. The van der Waals surface area contributed by atoms with Gasteiger partial charge in [-0.2, -0.15) is 0 Å². The van der Waals surface area contributed by atoms with Crippen molar-refractivity contribution >= 4 is 41.0 Å². The minimum Gasteiger partial charge on any atom is -0.458 e. The third-order valence-corrected chi connectivity index (χ3v) is 7.03. The highest BCUT2D eigenvalue weighted by molar-refractivity contribution is 5.97. The van der Waals surface area contributed by atoms with E-state index in [1.54, 1.807) is 47.4 Å². The van der Waals surface area contributed by atoms with E-state index >= 15 is 0 Å². The maximum atomic E-state index is 13.5. The predicted octanol–water partition coefficient (Wildman–Crippen LogP) is 3.79. The molecule has 0 aliphatic carbocycles. The van der Waals surface area contributed by atoms with E-state index in [4.69, 9.17) is 15.9 Å². The topological polar surface area (TPSA) is 121 Å². The highest BCUT2D eigenvalue weighted by atomic mass is 16.5. The maximum absolute atomic E-state index is 13.5. The van der Waals surface area contributed by atoms with Crippen LogP contribution in [0.4, 0.5) is 26.7 Å². The first kappa shape index (κ1) is 29.2. The first-order valence-corrected chi connectivity index (χ1v) is 13.8. The Morgan fingerprint density at radius 2 is 1.60 bits per heavy atom. The first-order chi connectivity index (χ1) is 20.8. The molecule has 0 bridgehead atoms. The summed E-state index contributed by atoms with van der Waals surface area (Å²) in [5.41, 5.74) is 3.92. The molecule has 220 valence electrons. The van der Waals surface area contributed by atoms with Gasteiger partial charge in [-0.05, 0) is 60.5 Å². The molecule has 2 heterocycles. The summed E-state index contributed by atoms with van der Waals surface area (Å²) in [6.45, 7) is 2.70. The highest BCUT2D eigenvalue weighted by Gasteiger charge is 2.39. The Morgan fingerprint density at radius 1 is 0.953 bits per heavy atom. The number of ether oxygens (including phenoxy) is 2. The highest BCUT2D eigenvalue weighted by Crippen LogP contribution is 2.26. The summed E-state index contributed by atoms with van der Waals surface area (Å²) in [5.74, 6) is 1.92. The number of benzene rings is 3. The van der Waals surface area contributed by atoms with E-state index in [1.165, 1.54) is 10.0 Å². The molecule has 0 radical (unpaired) electrons. The van der Waals surface area contributed by atoms with Crippen LogP contribution in [0.1, 0.15) is 16.7 Å². The Labute approximate surface area is 249 Å². The molecule has 0 spiro atoms. The number of esters is 1. The fourth-order valence-electron chi connectivity index (χ4n) is 4.92. The molecule has 1 unspecified atom stereocenters. The Balaban J connectivity index is 1.30. The average Bonchev–Trinajstić information content (AvgIpc) is 3.43. The molecule has 43 heavy (non-hydrogen) atoms. The largest absolute Gasteiger partial charge is 0.458 e. The van der Waals surface area contributed by atoms with E-state index in [0.29, 0.717) is 30.1 Å². The molecule has 2 N–H and O–H groups in total. The van der Waals surface area contributed by atoms with Crippen LogP contribution in [0.5, 0.6) is 0 Å². The zero-order chi connectivity index (χ0) is 30.3. The Morgan fingerprint density at radius 3 is 2.23 bits per heavy atom. The van der Waals surface area contributed by atoms with Gasteiger partial charge in [0.05, 0.1) is 26.1 Å². The Kier molecular flexibility index (Phi) is 8.88. The number of anilines is 3. The van der Waals surface area contributed by atoms with Gasteiger partial charge in [0.2, 0.25) is 0 Å². The molecule has 5 amide bonds. The molecule has 1 atom stereocenters. The second-order valence-corrected chi connectivity index (χ2v) is 10.1. The summed E-state index contributed by atoms with van der Waals surface area (Å²) in [5, 5.41) is 8.00. The number of hydrogen-bond donors (Lipinski definition) is 2. The summed E-state index contributed by atoms with van der Waals surface area (Å²) in [6.07, 6.45) is 4.74. The SMILES string of the molecule is C#Cc1ccc(NC(=O)N2CC(OC(=O)Cc3ccccc3)CN2C(=O)Nc2ccc(N3CCOCC3=O)c(C)c2)cc1. The van der Waals surface area contributed by atoms with Crippen molar-refractivity contribution < 1.29 is 28.7 Å². The second-order valence-electron chi connectivity index (χ2n) is 10.1. The number of hydrazine groups is 1. The van der Waals surface area contributed by atoms with Gasteiger partial charge in [0.15, 0.2) is 0 Å². The lowest BCUT2D eigenvalue weighted by atomic mass is 10.1. The summed E-state index contributed by atoms with van der Waals surface area (Å²) < 4.78 is 10.9. The molecule has 0 aromatic heterocycles. The number of nitrogens with zero attached hydrogens (tertiary/aromatic N) is 3. The van der Waals surface area contributed by atoms with E-state index in [0.717, 1.165) is 16.8 Å². The molecule has 3 aromatic carbocycles. The van der Waals surface area contributed by atoms with Crippen LogP contribution in [0.15, 0.2) is 72.8 Å². The number of nitrogens with one attached hydrogen (secondary N) is 2. The molecule has 0 saturated carbocycles. The van der Waals surface area contributed by atoms with Crippen molar-refractivity contribution in [3.8, 4) is 12.3 Å². The average molecular weight is 582 g/mol. The molecule has 5 rings (SSSR count). The molecule has 11 nitrogen and oxygen atoms in total. The summed E-state index contributed by atoms with van der Waals surface area (Å²) >= 11 is 0. The van der Waals surface area contributed by atoms with Gasteiger partial charge in [0, 0.05) is 29.2 Å². The van der Waals surface area contributed by atoms with Crippen LogP contribution < -0.4 is 15.5 Å². The molecule has 2 saturated heterocycles. The van der Waals surface area contributed by atoms with Crippen molar-refractivity contribution in [1.82, 2.24) is 10.0 Å². The number of aryl methyl sites for hydroxylation is 1. The summed E-state index contributed by atoms with van der Waals surface area (Å²) in [6, 6.07) is 19.9. The molecular formula is C32H31N5O6. The first-order valence-electron chi connectivity index (χ1n) is 13.8. The van der Waals surface area contributed by atoms with Crippen molar-refractivity contribution in [3.63, 3.8) is 0 Å². The third kappa shape index (κ3) is 7.12. The standard InChI is InChI=1S/C32H31N5O6/c1-3-23-9-11-25(12-10-23)33-31(40)36-19-27(43-30(39)18-24-7-5-4-6-8-24)20-37(36)32(41)34-26-13-14-28(22(2)17-26)35-15-16-42-21-29(35)38/h1,4-14,17,27H,15-16,18-21H2,2H3,(H,33,40)(H,34,41). The number of carbonyl (C=O) groups is 4. The van der Waals surface area contributed by atoms with Crippen molar-refractivity contribution in [1.29, 1.82) is 0 Å². The maximum Gasteiger partial charge on any atom is 0.340 e. The third-order valence-electron chi connectivity index (χ3n) is 7.03. The molecule has 2 aliphatic heterocycles. The van der Waals surface area contributed by atoms with Gasteiger partial charge in [0.1, 0.15) is 12.7 Å². The lowest BCUT2D eigenvalue weighted by molar-refractivity contribution is -0.147. The monoisotopic (exact) mass is 581 g/mol. The van der Waals surface area contributed by atoms with Crippen LogP contribution in [-0.2, 0) is 25.5 Å². The summed E-state index contributed by atoms with van der Waals surface area (Å²) in [7, 11) is 0. The fraction of sp³-hybridized carbons (Fsp3) is 0.250. The van der Waals surface area contributed by atoms with E-state index in [-0.39, 0.29) is 32.0 Å². The smallest absolute Gasteiger partial charge is 0.340 e. The second kappa shape index (κ2) is 13.1. The van der Waals surface area contributed by atoms with E-state index in [1.807, 2.05) is 37.3 Å². The number of hydrogen-bond acceptors (Lipinski definition) is 6. The quantitative estimate of drug-likeness (QED) is 0.338. The zero-order valence-electron chi connectivity index (χ0n) is 23.6. The number of morpholine rings is 1. The number of rotatable bonds is 6. The van der Waals surface area contributed by atoms with Crippen molar-refractivity contribution in [2.75, 3.05) is 48.4 Å². The predicted molar refractivity (Wildman–Crippen MR) is 160 cm³/mol. The van der Waals surface area contributed by atoms with Crippen molar-refractivity contribution in [2.45, 2.75) is 19.4 Å². The Hall–Kier alpha value is -5.34. The summed E-state index contributed by atoms with van der Waals surface area (Å²) in [4.78, 5) is 53.4. The van der Waals surface area contributed by atoms with Crippen LogP contribution in [0.2, 0.25) is 0 Å². The zero-order valence-corrected chi connectivity index (χ0v) is 23.6. The number of amides is 5. The molecular weight excluding hydrogens is 550 g/mol. The lowest BCUT2D eigenvalue weighted by Gasteiger charge is -2.29. The molecule has 3 aromatic rings. The number of carbonyl (C=O) groups excluding carboxylic acids is 4. The van der Waals surface area contributed by atoms with Crippen LogP contribution in [0, 0.1) is 19.3 Å². The van der Waals surface area contributed by atoms with Gasteiger partial charge >= 0.3 is 18.0 Å². The van der Waals surface area contributed by atoms with Crippen LogP contribution >= 0.6 is 0 Å². The van der Waals surface area contributed by atoms with E-state index in [2.05, 4.69) is 16.6 Å². The van der Waals surface area contributed by atoms with Gasteiger partial charge in [0.25, 0.3) is 5.91 Å². The van der Waals surface area contributed by atoms with Crippen molar-refractivity contribution in [3.05, 3.63) is 89.5 Å².